The number of imide groups is 1. The standard InChI is InChI=1S/C35H38FN3O8S/c1-20(2)35(3,34(44)45)39(29(41)17-37)30(42)18-47-26-11-4-21(5-12-26)31-32(33(43)38(31)25-9-7-24(36)8-10-25)48-19-27(40)22-6-13-28-23(16-22)14-15-46-28/h4-13,16,20,27,31-32,40H,14-15,17-19,37H2,1-3H3,(H,44,45)/t27-,31?,32+,35-/m0/s1. The van der Waals surface area contributed by atoms with E-state index in [4.69, 9.17) is 15.2 Å². The van der Waals surface area contributed by atoms with Gasteiger partial charge in [-0.1, -0.05) is 32.0 Å². The zero-order valence-corrected chi connectivity index (χ0v) is 27.6. The Morgan fingerprint density at radius 2 is 1.79 bits per heavy atom. The molecule has 0 radical (unpaired) electrons. The van der Waals surface area contributed by atoms with Crippen molar-refractivity contribution < 1.29 is 43.3 Å². The largest absolute Gasteiger partial charge is 0.493 e. The highest BCUT2D eigenvalue weighted by Gasteiger charge is 2.50. The van der Waals surface area contributed by atoms with Gasteiger partial charge >= 0.3 is 5.97 Å². The van der Waals surface area contributed by atoms with Crippen LogP contribution in [0.3, 0.4) is 0 Å². The Morgan fingerprint density at radius 3 is 2.42 bits per heavy atom. The second kappa shape index (κ2) is 14.3. The Kier molecular flexibility index (Phi) is 10.4. The van der Waals surface area contributed by atoms with Crippen molar-refractivity contribution in [3.8, 4) is 11.5 Å². The summed E-state index contributed by atoms with van der Waals surface area (Å²) in [5, 5.41) is 20.3. The van der Waals surface area contributed by atoms with E-state index in [9.17, 15) is 33.8 Å². The number of rotatable bonds is 13. The van der Waals surface area contributed by atoms with Crippen LogP contribution < -0.4 is 20.1 Å². The van der Waals surface area contributed by atoms with Crippen molar-refractivity contribution in [1.29, 1.82) is 0 Å². The van der Waals surface area contributed by atoms with Gasteiger partial charge in [0.1, 0.15) is 28.1 Å². The number of carbonyl (C=O) groups is 4. The van der Waals surface area contributed by atoms with E-state index in [0.717, 1.165) is 28.9 Å². The highest BCUT2D eigenvalue weighted by atomic mass is 32.2. The van der Waals surface area contributed by atoms with Gasteiger partial charge in [-0.3, -0.25) is 19.3 Å². The molecule has 1 fully saturated rings. The number of hydrogen-bond acceptors (Lipinski definition) is 9. The fraction of sp³-hybridized carbons (Fsp3) is 0.371. The predicted octanol–water partition coefficient (Wildman–Crippen LogP) is 3.88. The molecule has 13 heteroatoms. The molecule has 5 rings (SSSR count). The zero-order chi connectivity index (χ0) is 34.7. The summed E-state index contributed by atoms with van der Waals surface area (Å²) in [5.41, 5.74) is 6.70. The van der Waals surface area contributed by atoms with Crippen molar-refractivity contribution in [1.82, 2.24) is 4.90 Å². The number of nitrogens with zero attached hydrogens (tertiary/aromatic N) is 2. The normalized spacial score (nSPS) is 18.7. The van der Waals surface area contributed by atoms with Crippen LogP contribution in [0.5, 0.6) is 11.5 Å². The number of aliphatic hydroxyl groups excluding tert-OH is 1. The Hall–Kier alpha value is -4.46. The molecule has 0 aromatic heterocycles. The van der Waals surface area contributed by atoms with Crippen molar-refractivity contribution in [2.24, 2.45) is 11.7 Å². The number of nitrogens with two attached hydrogens (primary N) is 1. The third-order valence-corrected chi connectivity index (χ3v) is 10.3. The highest BCUT2D eigenvalue weighted by molar-refractivity contribution is 8.00. The molecule has 254 valence electrons. The van der Waals surface area contributed by atoms with Crippen molar-refractivity contribution in [2.75, 3.05) is 30.4 Å². The summed E-state index contributed by atoms with van der Waals surface area (Å²) in [6.07, 6.45) is -0.0388. The molecule has 0 spiro atoms. The van der Waals surface area contributed by atoms with Crippen LogP contribution in [0.4, 0.5) is 10.1 Å². The lowest BCUT2D eigenvalue weighted by atomic mass is 9.86. The van der Waals surface area contributed by atoms with Crippen LogP contribution in [-0.4, -0.2) is 75.1 Å². The Labute approximate surface area is 281 Å². The summed E-state index contributed by atoms with van der Waals surface area (Å²) in [4.78, 5) is 53.6. The summed E-state index contributed by atoms with van der Waals surface area (Å²) in [5.74, 6) is -2.93. The molecule has 2 aliphatic rings. The number of fused-ring (bicyclic) bond motifs is 1. The van der Waals surface area contributed by atoms with E-state index in [2.05, 4.69) is 0 Å². The van der Waals surface area contributed by atoms with Crippen LogP contribution in [0.15, 0.2) is 66.7 Å². The zero-order valence-electron chi connectivity index (χ0n) is 26.8. The van der Waals surface area contributed by atoms with E-state index >= 15 is 0 Å². The van der Waals surface area contributed by atoms with Crippen molar-refractivity contribution in [2.45, 2.75) is 50.1 Å². The first-order valence-electron chi connectivity index (χ1n) is 15.5. The Balaban J connectivity index is 1.31. The number of carboxylic acid groups (broad SMARTS) is 1. The molecule has 4 atom stereocenters. The van der Waals surface area contributed by atoms with Gasteiger partial charge in [-0.2, -0.15) is 0 Å². The monoisotopic (exact) mass is 679 g/mol. The van der Waals surface area contributed by atoms with E-state index in [1.54, 1.807) is 43.0 Å². The number of halogens is 1. The molecular weight excluding hydrogens is 641 g/mol. The second-order valence-corrected chi connectivity index (χ2v) is 13.3. The predicted molar refractivity (Wildman–Crippen MR) is 177 cm³/mol. The minimum Gasteiger partial charge on any atom is -0.493 e. The summed E-state index contributed by atoms with van der Waals surface area (Å²) in [6, 6.07) is 17.4. The number of anilines is 1. The molecule has 1 unspecified atom stereocenters. The summed E-state index contributed by atoms with van der Waals surface area (Å²) < 4.78 is 24.9. The molecule has 48 heavy (non-hydrogen) atoms. The molecule has 4 N–H and O–H groups in total. The number of carboxylic acids is 1. The minimum absolute atomic E-state index is 0.187. The number of hydrogen-bond donors (Lipinski definition) is 3. The number of benzene rings is 3. The van der Waals surface area contributed by atoms with Crippen molar-refractivity contribution in [3.05, 3.63) is 89.2 Å². The quantitative estimate of drug-likeness (QED) is 0.226. The number of carbonyl (C=O) groups excluding carboxylic acids is 3. The molecule has 2 aliphatic heterocycles. The number of β-lactam (4-membered cyclic amide) rings is 1. The fourth-order valence-electron chi connectivity index (χ4n) is 5.86. The summed E-state index contributed by atoms with van der Waals surface area (Å²) >= 11 is 1.33. The number of thioether (sulfide) groups is 1. The number of ether oxygens (including phenoxy) is 2. The van der Waals surface area contributed by atoms with Gasteiger partial charge in [0, 0.05) is 17.9 Å². The first kappa shape index (κ1) is 34.9. The lowest BCUT2D eigenvalue weighted by Gasteiger charge is -2.47. The fourth-order valence-corrected chi connectivity index (χ4v) is 7.16. The molecule has 0 bridgehead atoms. The lowest BCUT2D eigenvalue weighted by molar-refractivity contribution is -0.169. The van der Waals surface area contributed by atoms with Crippen molar-refractivity contribution in [3.63, 3.8) is 0 Å². The smallest absolute Gasteiger partial charge is 0.330 e. The first-order valence-corrected chi connectivity index (χ1v) is 16.6. The average molecular weight is 680 g/mol. The van der Waals surface area contributed by atoms with Gasteiger partial charge in [0.25, 0.3) is 5.91 Å². The van der Waals surface area contributed by atoms with Crippen LogP contribution >= 0.6 is 11.8 Å². The van der Waals surface area contributed by atoms with Crippen LogP contribution in [-0.2, 0) is 25.6 Å². The van der Waals surface area contributed by atoms with Gasteiger partial charge in [0.15, 0.2) is 6.61 Å². The maximum atomic E-state index is 13.7. The number of amides is 3. The molecule has 0 aliphatic carbocycles. The van der Waals surface area contributed by atoms with Gasteiger partial charge in [-0.15, -0.1) is 11.8 Å². The second-order valence-electron chi connectivity index (χ2n) is 12.2. The summed E-state index contributed by atoms with van der Waals surface area (Å²) in [7, 11) is 0. The minimum atomic E-state index is -1.84. The van der Waals surface area contributed by atoms with Gasteiger partial charge in [-0.25, -0.2) is 9.18 Å². The third kappa shape index (κ3) is 6.75. The van der Waals surface area contributed by atoms with Crippen LogP contribution in [0.1, 0.15) is 49.6 Å². The molecular formula is C35H38FN3O8S. The van der Waals surface area contributed by atoms with Gasteiger partial charge in [0.2, 0.25) is 11.8 Å². The first-order chi connectivity index (χ1) is 22.9. The molecule has 11 nitrogen and oxygen atoms in total. The molecule has 2 heterocycles. The van der Waals surface area contributed by atoms with Crippen LogP contribution in [0, 0.1) is 11.7 Å². The molecule has 0 saturated carbocycles. The van der Waals surface area contributed by atoms with Crippen molar-refractivity contribution >= 4 is 41.1 Å². The Bertz CT molecular complexity index is 1690. The molecule has 1 saturated heterocycles. The van der Waals surface area contributed by atoms with E-state index in [-0.39, 0.29) is 17.4 Å². The van der Waals surface area contributed by atoms with E-state index in [0.29, 0.717) is 17.2 Å². The highest BCUT2D eigenvalue weighted by Crippen LogP contribution is 2.46. The van der Waals surface area contributed by atoms with Gasteiger partial charge in [0.05, 0.1) is 25.3 Å². The topological polar surface area (TPSA) is 160 Å². The van der Waals surface area contributed by atoms with Gasteiger partial charge < -0.3 is 30.3 Å². The maximum Gasteiger partial charge on any atom is 0.330 e. The Morgan fingerprint density at radius 1 is 1.10 bits per heavy atom. The lowest BCUT2D eigenvalue weighted by Crippen LogP contribution is -2.62. The van der Waals surface area contributed by atoms with Crippen LogP contribution in [0.25, 0.3) is 0 Å². The SMILES string of the molecule is CC(C)[C@@](C)(C(=O)O)N(C(=O)CN)C(=O)COc1ccc(C2[C@@H](SC[C@H](O)c3ccc4c(c3)CCO4)C(=O)N2c2ccc(F)cc2)cc1. The molecule has 3 aromatic rings. The maximum absolute atomic E-state index is 13.7. The number of aliphatic carboxylic acids is 1. The van der Waals surface area contributed by atoms with E-state index in [1.807, 2.05) is 18.2 Å². The van der Waals surface area contributed by atoms with E-state index in [1.165, 1.54) is 43.0 Å². The van der Waals surface area contributed by atoms with E-state index < -0.39 is 65.6 Å². The number of aliphatic hydroxyl groups is 1. The van der Waals surface area contributed by atoms with Gasteiger partial charge in [-0.05, 0) is 78.1 Å². The summed E-state index contributed by atoms with van der Waals surface area (Å²) in [6.45, 7) is 3.91. The molecule has 3 aromatic carbocycles. The van der Waals surface area contributed by atoms with Crippen LogP contribution in [0.2, 0.25) is 0 Å². The third-order valence-electron chi connectivity index (χ3n) is 8.96. The molecule has 3 amide bonds. The average Bonchev–Trinajstić information content (AvgIpc) is 3.55.